The fourth-order valence-corrected chi connectivity index (χ4v) is 6.32. The van der Waals surface area contributed by atoms with Gasteiger partial charge in [0.25, 0.3) is 5.91 Å². The number of nitrogens with one attached hydrogen (secondary N) is 1. The fourth-order valence-electron chi connectivity index (χ4n) is 5.83. The maximum Gasteiger partial charge on any atom is 0.253 e. The van der Waals surface area contributed by atoms with Crippen LogP contribution in [0.25, 0.3) is 5.57 Å². The Bertz CT molecular complexity index is 1070. The number of nitrogens with zero attached hydrogens (tertiary/aromatic N) is 2. The molecule has 1 saturated carbocycles. The summed E-state index contributed by atoms with van der Waals surface area (Å²) in [5.41, 5.74) is 3.95. The van der Waals surface area contributed by atoms with Gasteiger partial charge < -0.3 is 10.2 Å². The van der Waals surface area contributed by atoms with E-state index >= 15 is 0 Å². The lowest BCUT2D eigenvalue weighted by atomic mass is 9.65. The topological polar surface area (TPSA) is 35.6 Å². The van der Waals surface area contributed by atoms with Crippen molar-refractivity contribution in [3.63, 3.8) is 0 Å². The first kappa shape index (κ1) is 25.1. The molecule has 1 amide bonds. The molecule has 0 radical (unpaired) electrons. The Hall–Kier alpha value is -2.01. The van der Waals surface area contributed by atoms with Crippen LogP contribution in [0.2, 0.25) is 10.0 Å². The Morgan fingerprint density at radius 1 is 1.21 bits per heavy atom. The predicted octanol–water partition coefficient (Wildman–Crippen LogP) is 6.65. The van der Waals surface area contributed by atoms with Gasteiger partial charge in [-0.05, 0) is 86.0 Å². The summed E-state index contributed by atoms with van der Waals surface area (Å²) in [7, 11) is 6.31. The lowest BCUT2D eigenvalue weighted by Crippen LogP contribution is -2.62. The largest absolute Gasteiger partial charge is 0.383 e. The molecule has 4 nitrogen and oxygen atoms in total. The van der Waals surface area contributed by atoms with Crippen molar-refractivity contribution in [3.8, 4) is 0 Å². The average Bonchev–Trinajstić information content (AvgIpc) is 2.81. The standard InChI is InChI=1S/C28H35Cl2N3O/c1-5-20(18-32(2)3)21-7-6-8-22(15-21)26(28-13-11-19(12-14-28)17-33(28)4)31-27(34)24-10-9-23(29)16-25(24)30/h6-10,15-16,18-19,26H,5,11-14,17H2,1-4H3,(H,31,34)/b20-18+. The zero-order valence-corrected chi connectivity index (χ0v) is 22.1. The van der Waals surface area contributed by atoms with Gasteiger partial charge in [-0.25, -0.2) is 0 Å². The summed E-state index contributed by atoms with van der Waals surface area (Å²) in [4.78, 5) is 18.1. The highest BCUT2D eigenvalue weighted by atomic mass is 35.5. The zero-order valence-electron chi connectivity index (χ0n) is 20.6. The Kier molecular flexibility index (Phi) is 7.61. The summed E-state index contributed by atoms with van der Waals surface area (Å²) in [6, 6.07) is 13.6. The molecule has 2 aromatic carbocycles. The summed E-state index contributed by atoms with van der Waals surface area (Å²) >= 11 is 12.5. The third kappa shape index (κ3) is 5.00. The van der Waals surface area contributed by atoms with Gasteiger partial charge in [0.05, 0.1) is 16.6 Å². The number of hydrogen-bond donors (Lipinski definition) is 1. The first-order valence-corrected chi connectivity index (χ1v) is 12.9. The van der Waals surface area contributed by atoms with Gasteiger partial charge in [-0.2, -0.15) is 0 Å². The van der Waals surface area contributed by atoms with Crippen molar-refractivity contribution in [2.75, 3.05) is 27.7 Å². The van der Waals surface area contributed by atoms with E-state index in [2.05, 4.69) is 59.6 Å². The number of hydrogen-bond acceptors (Lipinski definition) is 3. The van der Waals surface area contributed by atoms with Crippen LogP contribution in [0.15, 0.2) is 48.7 Å². The van der Waals surface area contributed by atoms with Gasteiger partial charge in [-0.3, -0.25) is 9.69 Å². The second kappa shape index (κ2) is 10.3. The van der Waals surface area contributed by atoms with E-state index in [1.165, 1.54) is 24.0 Å². The number of rotatable bonds is 7. The Morgan fingerprint density at radius 2 is 1.94 bits per heavy atom. The summed E-state index contributed by atoms with van der Waals surface area (Å²) < 4.78 is 0. The first-order chi connectivity index (χ1) is 16.2. The predicted molar refractivity (Wildman–Crippen MR) is 142 cm³/mol. The van der Waals surface area contributed by atoms with Crippen LogP contribution in [0.3, 0.4) is 0 Å². The van der Waals surface area contributed by atoms with Crippen molar-refractivity contribution in [2.24, 2.45) is 5.92 Å². The van der Waals surface area contributed by atoms with Crippen molar-refractivity contribution in [1.82, 2.24) is 15.1 Å². The molecule has 3 fully saturated rings. The molecule has 1 aliphatic carbocycles. The van der Waals surface area contributed by atoms with Gasteiger partial charge in [-0.15, -0.1) is 0 Å². The van der Waals surface area contributed by atoms with Crippen LogP contribution in [-0.4, -0.2) is 48.9 Å². The average molecular weight is 501 g/mol. The van der Waals surface area contributed by atoms with Crippen molar-refractivity contribution in [1.29, 1.82) is 0 Å². The number of piperidine rings is 2. The Labute approximate surface area is 213 Å². The van der Waals surface area contributed by atoms with Crippen LogP contribution in [0.4, 0.5) is 0 Å². The van der Waals surface area contributed by atoms with Crippen molar-refractivity contribution >= 4 is 34.7 Å². The molecule has 2 saturated heterocycles. The molecule has 182 valence electrons. The van der Waals surface area contributed by atoms with E-state index in [1.54, 1.807) is 18.2 Å². The van der Waals surface area contributed by atoms with Crippen LogP contribution >= 0.6 is 23.2 Å². The normalized spacial score (nSPS) is 23.6. The van der Waals surface area contributed by atoms with Gasteiger partial charge >= 0.3 is 0 Å². The summed E-state index contributed by atoms with van der Waals surface area (Å²) in [6.07, 6.45) is 7.68. The van der Waals surface area contributed by atoms with Gasteiger partial charge in [0, 0.05) is 37.4 Å². The number of halogens is 2. The number of allylic oxidation sites excluding steroid dienone is 1. The van der Waals surface area contributed by atoms with E-state index in [4.69, 9.17) is 23.2 Å². The molecular formula is C28H35Cl2N3O. The Morgan fingerprint density at radius 3 is 2.56 bits per heavy atom. The van der Waals surface area contributed by atoms with E-state index < -0.39 is 0 Å². The lowest BCUT2D eigenvalue weighted by Gasteiger charge is -2.57. The minimum atomic E-state index is -0.160. The molecule has 2 aromatic rings. The van der Waals surface area contributed by atoms with Crippen LogP contribution in [0, 0.1) is 5.92 Å². The second-order valence-electron chi connectivity index (χ2n) is 10.1. The molecule has 5 rings (SSSR count). The van der Waals surface area contributed by atoms with Crippen molar-refractivity contribution in [3.05, 3.63) is 75.4 Å². The highest BCUT2D eigenvalue weighted by Gasteiger charge is 2.50. The summed E-state index contributed by atoms with van der Waals surface area (Å²) in [5.74, 6) is 0.599. The zero-order chi connectivity index (χ0) is 24.5. The number of carbonyl (C=O) groups excluding carboxylic acids is 1. The molecule has 0 spiro atoms. The number of amides is 1. The SMILES string of the molecule is CC/C(=C\N(C)C)c1cccc(C(NC(=O)c2ccc(Cl)cc2Cl)C23CCC(CC2)CN3C)c1. The molecule has 2 heterocycles. The van der Waals surface area contributed by atoms with Gasteiger partial charge in [0.15, 0.2) is 0 Å². The fraction of sp³-hybridized carbons (Fsp3) is 0.464. The van der Waals surface area contributed by atoms with Crippen LogP contribution in [-0.2, 0) is 0 Å². The van der Waals surface area contributed by atoms with Crippen LogP contribution < -0.4 is 5.32 Å². The molecule has 1 N–H and O–H groups in total. The van der Waals surface area contributed by atoms with Gasteiger partial charge in [-0.1, -0.05) is 48.3 Å². The van der Waals surface area contributed by atoms with Crippen LogP contribution in [0.1, 0.15) is 66.6 Å². The molecule has 1 atom stereocenters. The minimum Gasteiger partial charge on any atom is -0.383 e. The van der Waals surface area contributed by atoms with E-state index in [0.29, 0.717) is 15.6 Å². The maximum atomic E-state index is 13.5. The molecular weight excluding hydrogens is 465 g/mol. The quantitative estimate of drug-likeness (QED) is 0.462. The number of carbonyl (C=O) groups is 1. The monoisotopic (exact) mass is 499 g/mol. The minimum absolute atomic E-state index is 0.112. The molecule has 0 aromatic heterocycles. The van der Waals surface area contributed by atoms with Gasteiger partial charge in [0.1, 0.15) is 0 Å². The maximum absolute atomic E-state index is 13.5. The molecule has 1 unspecified atom stereocenters. The van der Waals surface area contributed by atoms with Crippen LogP contribution in [0.5, 0.6) is 0 Å². The molecule has 3 aliphatic rings. The molecule has 2 bridgehead atoms. The molecule has 6 heteroatoms. The molecule has 2 aliphatic heterocycles. The summed E-state index contributed by atoms with van der Waals surface area (Å²) in [6.45, 7) is 3.26. The lowest BCUT2D eigenvalue weighted by molar-refractivity contribution is -0.0404. The van der Waals surface area contributed by atoms with E-state index in [9.17, 15) is 4.79 Å². The van der Waals surface area contributed by atoms with E-state index in [1.807, 2.05) is 14.1 Å². The second-order valence-corrected chi connectivity index (χ2v) is 10.9. The third-order valence-electron chi connectivity index (χ3n) is 7.64. The van der Waals surface area contributed by atoms with E-state index in [0.717, 1.165) is 37.3 Å². The van der Waals surface area contributed by atoms with Crippen molar-refractivity contribution in [2.45, 2.75) is 50.6 Å². The number of benzene rings is 2. The Balaban J connectivity index is 1.76. The van der Waals surface area contributed by atoms with Crippen molar-refractivity contribution < 1.29 is 4.79 Å². The number of likely N-dealkylation sites (N-methyl/N-ethyl adjacent to an activating group) is 1. The van der Waals surface area contributed by atoms with Gasteiger partial charge in [0.2, 0.25) is 0 Å². The molecule has 34 heavy (non-hydrogen) atoms. The smallest absolute Gasteiger partial charge is 0.253 e. The number of fused-ring (bicyclic) bond motifs is 3. The first-order valence-electron chi connectivity index (χ1n) is 12.2. The summed E-state index contributed by atoms with van der Waals surface area (Å²) in [5, 5.41) is 4.31. The highest BCUT2D eigenvalue weighted by Crippen LogP contribution is 2.49. The highest BCUT2D eigenvalue weighted by molar-refractivity contribution is 6.36. The van der Waals surface area contributed by atoms with E-state index in [-0.39, 0.29) is 17.5 Å². The third-order valence-corrected chi connectivity index (χ3v) is 8.19.